The molecule has 1 saturated heterocycles. The van der Waals surface area contributed by atoms with Crippen molar-refractivity contribution >= 4 is 5.91 Å². The van der Waals surface area contributed by atoms with Crippen LogP contribution in [-0.2, 0) is 4.79 Å². The van der Waals surface area contributed by atoms with Crippen molar-refractivity contribution in [3.8, 4) is 0 Å². The van der Waals surface area contributed by atoms with E-state index in [0.29, 0.717) is 25.7 Å². The normalized spacial score (nSPS) is 24.9. The fraction of sp³-hybridized carbons (Fsp3) is 0.929. The molecular weight excluding hydrogens is 228 g/mol. The molecule has 1 amide bonds. The number of hydrogen-bond donors (Lipinski definition) is 2. The first-order valence-electron chi connectivity index (χ1n) is 7.24. The minimum absolute atomic E-state index is 0.118. The average Bonchev–Trinajstić information content (AvgIpc) is 2.27. The van der Waals surface area contributed by atoms with Crippen LogP contribution in [0.3, 0.4) is 0 Å². The molecule has 1 aliphatic carbocycles. The van der Waals surface area contributed by atoms with Crippen LogP contribution in [0.5, 0.6) is 0 Å². The van der Waals surface area contributed by atoms with E-state index in [0.717, 1.165) is 12.8 Å². The molecule has 18 heavy (non-hydrogen) atoms. The number of likely N-dealkylation sites (tertiary alicyclic amines) is 1. The van der Waals surface area contributed by atoms with Gasteiger partial charge in [-0.2, -0.15) is 0 Å². The molecule has 4 nitrogen and oxygen atoms in total. The van der Waals surface area contributed by atoms with Gasteiger partial charge in [-0.05, 0) is 18.8 Å². The third-order valence-electron chi connectivity index (χ3n) is 4.41. The number of amides is 1. The van der Waals surface area contributed by atoms with E-state index in [4.69, 9.17) is 0 Å². The monoisotopic (exact) mass is 254 g/mol. The molecule has 2 aliphatic rings. The van der Waals surface area contributed by atoms with Crippen LogP contribution in [0.2, 0.25) is 0 Å². The van der Waals surface area contributed by atoms with Crippen LogP contribution in [0.1, 0.15) is 46.0 Å². The van der Waals surface area contributed by atoms with Crippen molar-refractivity contribution in [3.05, 3.63) is 0 Å². The number of rotatable bonds is 4. The number of hydrogen-bond acceptors (Lipinski definition) is 3. The van der Waals surface area contributed by atoms with Gasteiger partial charge in [0.05, 0.1) is 12.1 Å². The highest BCUT2D eigenvalue weighted by molar-refractivity contribution is 5.78. The molecule has 1 heterocycles. The molecule has 0 unspecified atom stereocenters. The number of nitrogens with one attached hydrogen (secondary N) is 1. The van der Waals surface area contributed by atoms with Gasteiger partial charge in [-0.3, -0.25) is 9.69 Å². The molecule has 2 fully saturated rings. The quantitative estimate of drug-likeness (QED) is 0.791. The van der Waals surface area contributed by atoms with Crippen molar-refractivity contribution in [1.29, 1.82) is 0 Å². The molecule has 0 radical (unpaired) electrons. The van der Waals surface area contributed by atoms with Gasteiger partial charge in [0, 0.05) is 19.1 Å². The van der Waals surface area contributed by atoms with E-state index >= 15 is 0 Å². The Bertz CT molecular complexity index is 292. The Morgan fingerprint density at radius 3 is 2.50 bits per heavy atom. The lowest BCUT2D eigenvalue weighted by molar-refractivity contribution is -0.142. The summed E-state index contributed by atoms with van der Waals surface area (Å²) in [4.78, 5) is 13.9. The van der Waals surface area contributed by atoms with Gasteiger partial charge >= 0.3 is 0 Å². The summed E-state index contributed by atoms with van der Waals surface area (Å²) in [7, 11) is 0. The van der Waals surface area contributed by atoms with Crippen molar-refractivity contribution in [2.75, 3.05) is 19.6 Å². The Kier molecular flexibility index (Phi) is 4.28. The molecule has 0 spiro atoms. The van der Waals surface area contributed by atoms with Gasteiger partial charge in [-0.15, -0.1) is 0 Å². The van der Waals surface area contributed by atoms with Crippen LogP contribution in [0.15, 0.2) is 0 Å². The maximum Gasteiger partial charge on any atom is 0.234 e. The average molecular weight is 254 g/mol. The first-order chi connectivity index (χ1) is 8.49. The van der Waals surface area contributed by atoms with Crippen LogP contribution in [0.4, 0.5) is 0 Å². The molecular formula is C14H26N2O2. The van der Waals surface area contributed by atoms with Crippen molar-refractivity contribution in [1.82, 2.24) is 10.2 Å². The number of carbonyl (C=O) groups excluding carboxylic acids is 1. The molecule has 0 aromatic heterocycles. The molecule has 2 N–H and O–H groups in total. The third-order valence-corrected chi connectivity index (χ3v) is 4.41. The van der Waals surface area contributed by atoms with Crippen molar-refractivity contribution in [3.63, 3.8) is 0 Å². The van der Waals surface area contributed by atoms with E-state index in [-0.39, 0.29) is 11.8 Å². The zero-order valence-electron chi connectivity index (χ0n) is 11.6. The van der Waals surface area contributed by atoms with E-state index in [1.54, 1.807) is 0 Å². The number of aliphatic hydroxyl groups is 1. The highest BCUT2D eigenvalue weighted by atomic mass is 16.3. The van der Waals surface area contributed by atoms with Gasteiger partial charge in [0.2, 0.25) is 5.91 Å². The summed E-state index contributed by atoms with van der Waals surface area (Å²) in [5.41, 5.74) is -0.578. The standard InChI is InChI=1S/C14H26N2O2/c1-11(2)14(18)9-16(10-14)8-13(17)15-12-6-4-3-5-7-12/h11-12,18H,3-10H2,1-2H3,(H,15,17). The van der Waals surface area contributed by atoms with E-state index in [9.17, 15) is 9.90 Å². The summed E-state index contributed by atoms with van der Waals surface area (Å²) in [6.07, 6.45) is 6.03. The Morgan fingerprint density at radius 1 is 1.33 bits per heavy atom. The second-order valence-electron chi connectivity index (χ2n) is 6.31. The molecule has 0 aromatic carbocycles. The van der Waals surface area contributed by atoms with Crippen LogP contribution >= 0.6 is 0 Å². The van der Waals surface area contributed by atoms with Gasteiger partial charge in [-0.25, -0.2) is 0 Å². The number of carbonyl (C=O) groups is 1. The molecule has 1 aliphatic heterocycles. The second-order valence-corrected chi connectivity index (χ2v) is 6.31. The fourth-order valence-electron chi connectivity index (χ4n) is 2.93. The SMILES string of the molecule is CC(C)C1(O)CN(CC(=O)NC2CCCCC2)C1. The predicted octanol–water partition coefficient (Wildman–Crippen LogP) is 1.14. The Labute approximate surface area is 110 Å². The molecule has 0 atom stereocenters. The smallest absolute Gasteiger partial charge is 0.234 e. The van der Waals surface area contributed by atoms with Gasteiger partial charge in [-0.1, -0.05) is 33.1 Å². The summed E-state index contributed by atoms with van der Waals surface area (Å²) in [5.74, 6) is 0.378. The third kappa shape index (κ3) is 3.23. The van der Waals surface area contributed by atoms with E-state index in [2.05, 4.69) is 5.32 Å². The van der Waals surface area contributed by atoms with Crippen LogP contribution in [-0.4, -0.2) is 47.2 Å². The Morgan fingerprint density at radius 2 is 1.94 bits per heavy atom. The lowest BCUT2D eigenvalue weighted by Crippen LogP contribution is -2.66. The molecule has 104 valence electrons. The van der Waals surface area contributed by atoms with Crippen LogP contribution in [0.25, 0.3) is 0 Å². The van der Waals surface area contributed by atoms with Crippen molar-refractivity contribution in [2.24, 2.45) is 5.92 Å². The Balaban J connectivity index is 1.67. The van der Waals surface area contributed by atoms with Gasteiger partial charge < -0.3 is 10.4 Å². The highest BCUT2D eigenvalue weighted by Crippen LogP contribution is 2.28. The largest absolute Gasteiger partial charge is 0.387 e. The number of β-amino-alcohol motifs (C(OH)–C–C–N with tert-alkyl or cyclic N) is 1. The minimum atomic E-state index is -0.578. The minimum Gasteiger partial charge on any atom is -0.387 e. The molecule has 0 bridgehead atoms. The van der Waals surface area contributed by atoms with E-state index < -0.39 is 5.60 Å². The van der Waals surface area contributed by atoms with Crippen LogP contribution < -0.4 is 5.32 Å². The number of nitrogens with zero attached hydrogens (tertiary/aromatic N) is 1. The van der Waals surface area contributed by atoms with E-state index in [1.807, 2.05) is 18.7 Å². The van der Waals surface area contributed by atoms with Crippen molar-refractivity contribution in [2.45, 2.75) is 57.6 Å². The van der Waals surface area contributed by atoms with Crippen LogP contribution in [0, 0.1) is 5.92 Å². The Hall–Kier alpha value is -0.610. The lowest BCUT2D eigenvalue weighted by Gasteiger charge is -2.48. The molecule has 4 heteroatoms. The van der Waals surface area contributed by atoms with Gasteiger partial charge in [0.15, 0.2) is 0 Å². The topological polar surface area (TPSA) is 52.6 Å². The maximum absolute atomic E-state index is 11.9. The first kappa shape index (κ1) is 13.8. The second kappa shape index (κ2) is 5.57. The maximum atomic E-state index is 11.9. The summed E-state index contributed by atoms with van der Waals surface area (Å²) < 4.78 is 0. The summed E-state index contributed by atoms with van der Waals surface area (Å²) in [6, 6.07) is 0.386. The zero-order chi connectivity index (χ0) is 13.2. The molecule has 2 rings (SSSR count). The first-order valence-corrected chi connectivity index (χ1v) is 7.24. The molecule has 1 saturated carbocycles. The highest BCUT2D eigenvalue weighted by Gasteiger charge is 2.43. The summed E-state index contributed by atoms with van der Waals surface area (Å²) >= 11 is 0. The van der Waals surface area contributed by atoms with Gasteiger partial charge in [0.25, 0.3) is 0 Å². The predicted molar refractivity (Wildman–Crippen MR) is 71.2 cm³/mol. The fourth-order valence-corrected chi connectivity index (χ4v) is 2.93. The summed E-state index contributed by atoms with van der Waals surface area (Å²) in [5, 5.41) is 13.2. The van der Waals surface area contributed by atoms with Crippen molar-refractivity contribution < 1.29 is 9.90 Å². The van der Waals surface area contributed by atoms with Gasteiger partial charge in [0.1, 0.15) is 0 Å². The van der Waals surface area contributed by atoms with E-state index in [1.165, 1.54) is 19.3 Å². The lowest BCUT2D eigenvalue weighted by atomic mass is 9.83. The summed E-state index contributed by atoms with van der Waals surface area (Å²) in [6.45, 7) is 5.75. The molecule has 0 aromatic rings. The zero-order valence-corrected chi connectivity index (χ0v) is 11.6.